The summed E-state index contributed by atoms with van der Waals surface area (Å²) in [6, 6.07) is 2.59. The summed E-state index contributed by atoms with van der Waals surface area (Å²) in [5.74, 6) is -0.156. The van der Waals surface area contributed by atoms with Gasteiger partial charge in [-0.05, 0) is 6.07 Å². The second kappa shape index (κ2) is 8.75. The van der Waals surface area contributed by atoms with Gasteiger partial charge < -0.3 is 25.2 Å². The maximum absolute atomic E-state index is 14.1. The summed E-state index contributed by atoms with van der Waals surface area (Å²) in [6.07, 6.45) is -1.06. The van der Waals surface area contributed by atoms with Gasteiger partial charge in [0.2, 0.25) is 5.91 Å². The molecule has 0 radical (unpaired) electrons. The number of rotatable bonds is 8. The van der Waals surface area contributed by atoms with Gasteiger partial charge in [-0.2, -0.15) is 0 Å². The standard InChI is InChI=1S/C16H20FN3O4S/c1-9(21)19-16-20-10(8-25-16)6-18-7-13(22)11-4-14(23-2)15(24-3)5-12(11)17/h4-5,8,13,18,22H,6-7H2,1-3H3,(H,19,20,21). The number of carbonyl (C=O) groups is 1. The zero-order valence-electron chi connectivity index (χ0n) is 14.1. The summed E-state index contributed by atoms with van der Waals surface area (Å²) in [4.78, 5) is 15.2. The monoisotopic (exact) mass is 369 g/mol. The molecule has 3 N–H and O–H groups in total. The molecule has 0 aliphatic rings. The maximum Gasteiger partial charge on any atom is 0.223 e. The summed E-state index contributed by atoms with van der Waals surface area (Å²) in [5, 5.41) is 18.1. The number of halogens is 1. The van der Waals surface area contributed by atoms with Gasteiger partial charge in [0.05, 0.1) is 26.0 Å². The lowest BCUT2D eigenvalue weighted by molar-refractivity contribution is -0.114. The van der Waals surface area contributed by atoms with Crippen molar-refractivity contribution in [1.82, 2.24) is 10.3 Å². The molecule has 9 heteroatoms. The Kier molecular flexibility index (Phi) is 6.68. The summed E-state index contributed by atoms with van der Waals surface area (Å²) in [5.41, 5.74) is 0.830. The van der Waals surface area contributed by atoms with E-state index in [0.29, 0.717) is 23.1 Å². The first-order chi connectivity index (χ1) is 11.9. The van der Waals surface area contributed by atoms with Crippen molar-refractivity contribution in [3.05, 3.63) is 34.6 Å². The van der Waals surface area contributed by atoms with Gasteiger partial charge in [-0.15, -0.1) is 11.3 Å². The van der Waals surface area contributed by atoms with Crippen LogP contribution in [0.15, 0.2) is 17.5 Å². The van der Waals surface area contributed by atoms with E-state index in [9.17, 15) is 14.3 Å². The van der Waals surface area contributed by atoms with E-state index in [4.69, 9.17) is 9.47 Å². The van der Waals surface area contributed by atoms with E-state index < -0.39 is 11.9 Å². The van der Waals surface area contributed by atoms with Crippen molar-refractivity contribution >= 4 is 22.4 Å². The van der Waals surface area contributed by atoms with Crippen molar-refractivity contribution in [1.29, 1.82) is 0 Å². The lowest BCUT2D eigenvalue weighted by Crippen LogP contribution is -2.22. The number of aliphatic hydroxyl groups is 1. The minimum Gasteiger partial charge on any atom is -0.493 e. The fourth-order valence-electron chi connectivity index (χ4n) is 2.17. The first-order valence-electron chi connectivity index (χ1n) is 7.46. The first kappa shape index (κ1) is 19.1. The summed E-state index contributed by atoms with van der Waals surface area (Å²) < 4.78 is 24.2. The number of hydrogen-bond donors (Lipinski definition) is 3. The molecule has 0 aliphatic heterocycles. The molecule has 0 saturated carbocycles. The van der Waals surface area contributed by atoms with E-state index in [1.165, 1.54) is 44.6 Å². The number of aromatic nitrogens is 1. The number of aliphatic hydroxyl groups excluding tert-OH is 1. The molecule has 0 aliphatic carbocycles. The zero-order chi connectivity index (χ0) is 18.4. The van der Waals surface area contributed by atoms with Crippen molar-refractivity contribution < 1.29 is 23.8 Å². The van der Waals surface area contributed by atoms with Crippen LogP contribution in [0.2, 0.25) is 0 Å². The van der Waals surface area contributed by atoms with Crippen LogP contribution in [-0.4, -0.2) is 36.8 Å². The fourth-order valence-corrected chi connectivity index (χ4v) is 2.92. The molecule has 1 heterocycles. The molecular weight excluding hydrogens is 349 g/mol. The molecule has 1 unspecified atom stereocenters. The number of amides is 1. The first-order valence-corrected chi connectivity index (χ1v) is 8.34. The Balaban J connectivity index is 1.95. The Morgan fingerprint density at radius 3 is 2.68 bits per heavy atom. The van der Waals surface area contributed by atoms with Crippen LogP contribution < -0.4 is 20.1 Å². The van der Waals surface area contributed by atoms with Crippen LogP contribution in [0.25, 0.3) is 0 Å². The number of thiazole rings is 1. The van der Waals surface area contributed by atoms with E-state index in [1.54, 1.807) is 5.38 Å². The van der Waals surface area contributed by atoms with Gasteiger partial charge in [0.25, 0.3) is 0 Å². The van der Waals surface area contributed by atoms with Crippen LogP contribution in [0.5, 0.6) is 11.5 Å². The third-order valence-electron chi connectivity index (χ3n) is 3.34. The molecular formula is C16H20FN3O4S. The summed E-state index contributed by atoms with van der Waals surface area (Å²) in [6.45, 7) is 1.91. The van der Waals surface area contributed by atoms with Crippen LogP contribution in [0.3, 0.4) is 0 Å². The highest BCUT2D eigenvalue weighted by Crippen LogP contribution is 2.32. The van der Waals surface area contributed by atoms with E-state index >= 15 is 0 Å². The number of carbonyl (C=O) groups excluding carboxylic acids is 1. The third kappa shape index (κ3) is 5.12. The van der Waals surface area contributed by atoms with Gasteiger partial charge in [0.15, 0.2) is 16.6 Å². The topological polar surface area (TPSA) is 92.7 Å². The van der Waals surface area contributed by atoms with E-state index in [1.807, 2.05) is 0 Å². The van der Waals surface area contributed by atoms with Crippen molar-refractivity contribution in [2.45, 2.75) is 19.6 Å². The average Bonchev–Trinajstić information content (AvgIpc) is 3.00. The van der Waals surface area contributed by atoms with Gasteiger partial charge in [-0.25, -0.2) is 9.37 Å². The predicted octanol–water partition coefficient (Wildman–Crippen LogP) is 2.08. The van der Waals surface area contributed by atoms with Crippen LogP contribution in [0, 0.1) is 5.82 Å². The molecule has 2 rings (SSSR count). The number of ether oxygens (including phenoxy) is 2. The second-order valence-corrected chi connectivity index (χ2v) is 6.06. The number of nitrogens with zero attached hydrogens (tertiary/aromatic N) is 1. The molecule has 2 aromatic rings. The molecule has 1 aromatic heterocycles. The molecule has 0 spiro atoms. The van der Waals surface area contributed by atoms with Gasteiger partial charge in [0, 0.05) is 37.0 Å². The zero-order valence-corrected chi connectivity index (χ0v) is 14.9. The second-order valence-electron chi connectivity index (χ2n) is 5.20. The highest BCUT2D eigenvalue weighted by Gasteiger charge is 2.17. The Morgan fingerprint density at radius 2 is 2.04 bits per heavy atom. The fraction of sp³-hybridized carbons (Fsp3) is 0.375. The van der Waals surface area contributed by atoms with E-state index in [2.05, 4.69) is 15.6 Å². The Morgan fingerprint density at radius 1 is 1.36 bits per heavy atom. The minimum atomic E-state index is -1.06. The largest absolute Gasteiger partial charge is 0.493 e. The Labute approximate surface area is 148 Å². The minimum absolute atomic E-state index is 0.113. The number of nitrogens with one attached hydrogen (secondary N) is 2. The predicted molar refractivity (Wildman–Crippen MR) is 92.6 cm³/mol. The molecule has 25 heavy (non-hydrogen) atoms. The third-order valence-corrected chi connectivity index (χ3v) is 4.15. The molecule has 1 amide bonds. The van der Waals surface area contributed by atoms with Crippen LogP contribution in [-0.2, 0) is 11.3 Å². The normalized spacial score (nSPS) is 11.9. The molecule has 1 aromatic carbocycles. The molecule has 7 nitrogen and oxygen atoms in total. The summed E-state index contributed by atoms with van der Waals surface area (Å²) >= 11 is 1.31. The molecule has 0 saturated heterocycles. The molecule has 0 fully saturated rings. The molecule has 0 bridgehead atoms. The van der Waals surface area contributed by atoms with Gasteiger partial charge in [-0.1, -0.05) is 0 Å². The molecule has 136 valence electrons. The number of methoxy groups -OCH3 is 2. The number of anilines is 1. The SMILES string of the molecule is COc1cc(F)c(C(O)CNCc2csc(NC(C)=O)n2)cc1OC. The van der Waals surface area contributed by atoms with Crippen molar-refractivity contribution in [3.63, 3.8) is 0 Å². The number of hydrogen-bond acceptors (Lipinski definition) is 7. The maximum atomic E-state index is 14.1. The van der Waals surface area contributed by atoms with Crippen LogP contribution in [0.4, 0.5) is 9.52 Å². The lowest BCUT2D eigenvalue weighted by Gasteiger charge is -2.15. The van der Waals surface area contributed by atoms with Gasteiger partial charge in [0.1, 0.15) is 5.82 Å². The highest BCUT2D eigenvalue weighted by atomic mass is 32.1. The van der Waals surface area contributed by atoms with Crippen LogP contribution >= 0.6 is 11.3 Å². The Hall–Kier alpha value is -2.23. The van der Waals surface area contributed by atoms with Crippen LogP contribution in [0.1, 0.15) is 24.3 Å². The van der Waals surface area contributed by atoms with Crippen molar-refractivity contribution in [2.24, 2.45) is 0 Å². The quantitative estimate of drug-likeness (QED) is 0.660. The highest BCUT2D eigenvalue weighted by molar-refractivity contribution is 7.13. The average molecular weight is 369 g/mol. The smallest absolute Gasteiger partial charge is 0.223 e. The molecule has 1 atom stereocenters. The van der Waals surface area contributed by atoms with E-state index in [-0.39, 0.29) is 23.8 Å². The number of benzene rings is 1. The summed E-state index contributed by atoms with van der Waals surface area (Å²) in [7, 11) is 2.86. The Bertz CT molecular complexity index is 738. The van der Waals surface area contributed by atoms with E-state index in [0.717, 1.165) is 0 Å². The van der Waals surface area contributed by atoms with Crippen molar-refractivity contribution in [2.75, 3.05) is 26.1 Å². The van der Waals surface area contributed by atoms with Gasteiger partial charge in [-0.3, -0.25) is 4.79 Å². The lowest BCUT2D eigenvalue weighted by atomic mass is 10.1. The van der Waals surface area contributed by atoms with Gasteiger partial charge >= 0.3 is 0 Å². The van der Waals surface area contributed by atoms with Crippen molar-refractivity contribution in [3.8, 4) is 11.5 Å².